The molecule has 78 valence electrons. The van der Waals surface area contributed by atoms with Crippen LogP contribution in [0.3, 0.4) is 0 Å². The van der Waals surface area contributed by atoms with Crippen LogP contribution in [0, 0.1) is 0 Å². The summed E-state index contributed by atoms with van der Waals surface area (Å²) < 4.78 is 5.66. The first-order chi connectivity index (χ1) is 6.65. The van der Waals surface area contributed by atoms with Crippen molar-refractivity contribution in [1.29, 1.82) is 0 Å². The predicted molar refractivity (Wildman–Crippen MR) is 57.2 cm³/mol. The minimum Gasteiger partial charge on any atom is -0.474 e. The second kappa shape index (κ2) is 4.96. The molecule has 1 heterocycles. The summed E-state index contributed by atoms with van der Waals surface area (Å²) in [5.74, 6) is 0.664. The van der Waals surface area contributed by atoms with Crippen LogP contribution >= 0.6 is 0 Å². The Bertz CT molecular complexity index is 286. The Labute approximate surface area is 85.3 Å². The lowest BCUT2D eigenvalue weighted by Crippen LogP contribution is -2.15. The molecule has 0 aromatic carbocycles. The molecule has 1 unspecified atom stereocenters. The van der Waals surface area contributed by atoms with Crippen LogP contribution in [-0.4, -0.2) is 11.1 Å². The molecule has 0 aliphatic heterocycles. The fourth-order valence-corrected chi connectivity index (χ4v) is 1.12. The van der Waals surface area contributed by atoms with E-state index in [-0.39, 0.29) is 12.1 Å². The summed E-state index contributed by atoms with van der Waals surface area (Å²) in [6.07, 6.45) is 2.88. The zero-order valence-corrected chi connectivity index (χ0v) is 9.03. The molecule has 0 aliphatic rings. The Balaban J connectivity index is 2.84. The molecule has 3 heteroatoms. The number of hydrogen-bond donors (Lipinski definition) is 1. The lowest BCUT2D eigenvalue weighted by molar-refractivity contribution is 0.205. The van der Waals surface area contributed by atoms with Gasteiger partial charge in [0.15, 0.2) is 0 Å². The van der Waals surface area contributed by atoms with Gasteiger partial charge in [0.05, 0.1) is 6.10 Å². The fourth-order valence-electron chi connectivity index (χ4n) is 1.12. The highest BCUT2D eigenvalue weighted by Gasteiger charge is 2.10. The number of aromatic nitrogens is 1. The van der Waals surface area contributed by atoms with E-state index >= 15 is 0 Å². The number of hydrogen-bond acceptors (Lipinski definition) is 3. The summed E-state index contributed by atoms with van der Waals surface area (Å²) in [4.78, 5) is 4.19. The normalized spacial score (nSPS) is 14.9. The topological polar surface area (TPSA) is 48.1 Å². The highest BCUT2D eigenvalue weighted by Crippen LogP contribution is 2.21. The van der Waals surface area contributed by atoms with Crippen LogP contribution in [0.4, 0.5) is 0 Å². The van der Waals surface area contributed by atoms with Crippen LogP contribution in [0.15, 0.2) is 18.3 Å². The maximum atomic E-state index is 5.81. The summed E-state index contributed by atoms with van der Waals surface area (Å²) in [7, 11) is 0. The first-order valence-corrected chi connectivity index (χ1v) is 5.02. The monoisotopic (exact) mass is 194 g/mol. The van der Waals surface area contributed by atoms with Gasteiger partial charge in [0.1, 0.15) is 0 Å². The van der Waals surface area contributed by atoms with Crippen LogP contribution in [0.2, 0.25) is 0 Å². The third-order valence-electron chi connectivity index (χ3n) is 2.18. The minimum atomic E-state index is -0.0391. The Morgan fingerprint density at radius 1 is 1.50 bits per heavy atom. The van der Waals surface area contributed by atoms with Crippen molar-refractivity contribution in [3.8, 4) is 5.88 Å². The van der Waals surface area contributed by atoms with Crippen LogP contribution in [0.25, 0.3) is 0 Å². The highest BCUT2D eigenvalue weighted by molar-refractivity contribution is 5.28. The van der Waals surface area contributed by atoms with Gasteiger partial charge in [-0.25, -0.2) is 4.98 Å². The third-order valence-corrected chi connectivity index (χ3v) is 2.18. The summed E-state index contributed by atoms with van der Waals surface area (Å²) in [6, 6.07) is 3.79. The smallest absolute Gasteiger partial charge is 0.218 e. The fraction of sp³-hybridized carbons (Fsp3) is 0.545. The molecule has 0 bridgehead atoms. The van der Waals surface area contributed by atoms with E-state index in [0.29, 0.717) is 5.88 Å². The number of nitrogens with two attached hydrogens (primary N) is 1. The zero-order chi connectivity index (χ0) is 10.6. The van der Waals surface area contributed by atoms with Crippen molar-refractivity contribution in [2.24, 2.45) is 5.73 Å². The molecule has 0 fully saturated rings. The third kappa shape index (κ3) is 2.70. The average Bonchev–Trinajstić information content (AvgIpc) is 2.18. The second-order valence-corrected chi connectivity index (χ2v) is 3.52. The summed E-state index contributed by atoms with van der Waals surface area (Å²) in [5, 5.41) is 0. The largest absolute Gasteiger partial charge is 0.474 e. The van der Waals surface area contributed by atoms with Crippen molar-refractivity contribution >= 4 is 0 Å². The Morgan fingerprint density at radius 3 is 2.79 bits per heavy atom. The van der Waals surface area contributed by atoms with Gasteiger partial charge in [0.25, 0.3) is 0 Å². The molecule has 0 saturated heterocycles. The molecule has 2 N–H and O–H groups in total. The first-order valence-electron chi connectivity index (χ1n) is 5.02. The second-order valence-electron chi connectivity index (χ2n) is 3.52. The summed E-state index contributed by atoms with van der Waals surface area (Å²) >= 11 is 0. The average molecular weight is 194 g/mol. The Kier molecular flexibility index (Phi) is 3.89. The zero-order valence-electron chi connectivity index (χ0n) is 9.03. The van der Waals surface area contributed by atoms with E-state index in [1.807, 2.05) is 26.0 Å². The maximum absolute atomic E-state index is 5.81. The van der Waals surface area contributed by atoms with E-state index in [1.165, 1.54) is 0 Å². The van der Waals surface area contributed by atoms with E-state index in [2.05, 4.69) is 11.9 Å². The van der Waals surface area contributed by atoms with Crippen molar-refractivity contribution in [2.45, 2.75) is 39.3 Å². The number of rotatable bonds is 4. The van der Waals surface area contributed by atoms with Crippen molar-refractivity contribution in [3.63, 3.8) is 0 Å². The van der Waals surface area contributed by atoms with Crippen molar-refractivity contribution < 1.29 is 4.74 Å². The van der Waals surface area contributed by atoms with Crippen molar-refractivity contribution in [1.82, 2.24) is 4.98 Å². The quantitative estimate of drug-likeness (QED) is 0.800. The molecule has 0 aliphatic carbocycles. The van der Waals surface area contributed by atoms with Gasteiger partial charge in [-0.2, -0.15) is 0 Å². The molecule has 0 amide bonds. The molecule has 0 spiro atoms. The number of nitrogens with zero attached hydrogens (tertiary/aromatic N) is 1. The van der Waals surface area contributed by atoms with E-state index in [4.69, 9.17) is 10.5 Å². The molecule has 1 rings (SSSR count). The SMILES string of the molecule is CCC(C)Oc1ncccc1[C@H](C)N. The molecule has 2 atom stereocenters. The Morgan fingerprint density at radius 2 is 2.21 bits per heavy atom. The van der Waals surface area contributed by atoms with Crippen LogP contribution in [0.5, 0.6) is 5.88 Å². The van der Waals surface area contributed by atoms with Gasteiger partial charge in [-0.15, -0.1) is 0 Å². The van der Waals surface area contributed by atoms with Gasteiger partial charge in [0.2, 0.25) is 5.88 Å². The van der Waals surface area contributed by atoms with Gasteiger partial charge >= 0.3 is 0 Å². The highest BCUT2D eigenvalue weighted by atomic mass is 16.5. The Hall–Kier alpha value is -1.09. The first kappa shape index (κ1) is 11.0. The minimum absolute atomic E-state index is 0.0391. The van der Waals surface area contributed by atoms with Crippen LogP contribution < -0.4 is 10.5 Å². The maximum Gasteiger partial charge on any atom is 0.218 e. The van der Waals surface area contributed by atoms with Gasteiger partial charge in [-0.3, -0.25) is 0 Å². The molecule has 0 saturated carbocycles. The lowest BCUT2D eigenvalue weighted by Gasteiger charge is -2.16. The standard InChI is InChI=1S/C11H18N2O/c1-4-8(2)14-11-10(9(3)12)6-5-7-13-11/h5-9H,4,12H2,1-3H3/t8?,9-/m0/s1. The van der Waals surface area contributed by atoms with Gasteiger partial charge in [0, 0.05) is 17.8 Å². The molecule has 14 heavy (non-hydrogen) atoms. The lowest BCUT2D eigenvalue weighted by atomic mass is 10.1. The van der Waals surface area contributed by atoms with E-state index < -0.39 is 0 Å². The van der Waals surface area contributed by atoms with E-state index in [1.54, 1.807) is 6.20 Å². The molecule has 1 aromatic rings. The molecule has 3 nitrogen and oxygen atoms in total. The van der Waals surface area contributed by atoms with Crippen LogP contribution in [0.1, 0.15) is 38.8 Å². The van der Waals surface area contributed by atoms with Gasteiger partial charge < -0.3 is 10.5 Å². The molecule has 0 radical (unpaired) electrons. The van der Waals surface area contributed by atoms with E-state index in [0.717, 1.165) is 12.0 Å². The number of ether oxygens (including phenoxy) is 1. The van der Waals surface area contributed by atoms with E-state index in [9.17, 15) is 0 Å². The van der Waals surface area contributed by atoms with Gasteiger partial charge in [-0.1, -0.05) is 13.0 Å². The van der Waals surface area contributed by atoms with Gasteiger partial charge in [-0.05, 0) is 26.3 Å². The molecular formula is C11H18N2O. The van der Waals surface area contributed by atoms with Crippen molar-refractivity contribution in [3.05, 3.63) is 23.9 Å². The predicted octanol–water partition coefficient (Wildman–Crippen LogP) is 2.28. The summed E-state index contributed by atoms with van der Waals surface area (Å²) in [6.45, 7) is 6.04. The number of pyridine rings is 1. The molecule has 1 aromatic heterocycles. The van der Waals surface area contributed by atoms with Crippen molar-refractivity contribution in [2.75, 3.05) is 0 Å². The molecular weight excluding hydrogens is 176 g/mol. The van der Waals surface area contributed by atoms with Crippen LogP contribution in [-0.2, 0) is 0 Å². The summed E-state index contributed by atoms with van der Waals surface area (Å²) in [5.41, 5.74) is 6.78.